The highest BCUT2D eigenvalue weighted by molar-refractivity contribution is 5.95. The Balaban J connectivity index is 2.21. The number of rotatable bonds is 4. The minimum Gasteiger partial charge on any atom is -0.376 e. The first kappa shape index (κ1) is 15.7. The van der Waals surface area contributed by atoms with Crippen molar-refractivity contribution in [1.82, 2.24) is 10.2 Å². The predicted octanol–water partition coefficient (Wildman–Crippen LogP) is 0.987. The number of amides is 2. The molecule has 1 fully saturated rings. The van der Waals surface area contributed by atoms with Gasteiger partial charge in [0.05, 0.1) is 4.92 Å². The van der Waals surface area contributed by atoms with Gasteiger partial charge in [-0.25, -0.2) is 0 Å². The van der Waals surface area contributed by atoms with Crippen LogP contribution in [0.25, 0.3) is 0 Å². The van der Waals surface area contributed by atoms with Gasteiger partial charge in [-0.05, 0) is 18.6 Å². The van der Waals surface area contributed by atoms with Crippen LogP contribution < -0.4 is 10.6 Å². The van der Waals surface area contributed by atoms with Crippen molar-refractivity contribution in [2.75, 3.05) is 26.0 Å². The molecule has 1 aliphatic heterocycles. The Bertz CT molecular complexity index is 617. The summed E-state index contributed by atoms with van der Waals surface area (Å²) >= 11 is 0. The molecule has 2 amide bonds. The average Bonchev–Trinajstić information content (AvgIpc) is 2.50. The molecule has 1 aromatic carbocycles. The zero-order chi connectivity index (χ0) is 16.3. The minimum atomic E-state index is -0.536. The lowest BCUT2D eigenvalue weighted by Gasteiger charge is -2.29. The highest BCUT2D eigenvalue weighted by Crippen LogP contribution is 2.28. The first-order valence-electron chi connectivity index (χ1n) is 6.93. The van der Waals surface area contributed by atoms with Crippen LogP contribution in [0, 0.1) is 10.1 Å². The second-order valence-corrected chi connectivity index (χ2v) is 5.22. The fourth-order valence-corrected chi connectivity index (χ4v) is 2.38. The summed E-state index contributed by atoms with van der Waals surface area (Å²) in [6.45, 7) is 0.612. The van der Waals surface area contributed by atoms with Crippen LogP contribution in [-0.2, 0) is 4.79 Å². The van der Waals surface area contributed by atoms with Gasteiger partial charge in [0.15, 0.2) is 0 Å². The van der Waals surface area contributed by atoms with Gasteiger partial charge in [-0.2, -0.15) is 0 Å². The van der Waals surface area contributed by atoms with Gasteiger partial charge < -0.3 is 15.5 Å². The van der Waals surface area contributed by atoms with E-state index < -0.39 is 4.92 Å². The maximum absolute atomic E-state index is 11.7. The van der Waals surface area contributed by atoms with Crippen molar-refractivity contribution < 1.29 is 14.5 Å². The molecule has 0 bridgehead atoms. The second-order valence-electron chi connectivity index (χ2n) is 5.22. The number of likely N-dealkylation sites (tertiary alicyclic amines) is 1. The lowest BCUT2D eigenvalue weighted by Crippen LogP contribution is -2.41. The van der Waals surface area contributed by atoms with Crippen molar-refractivity contribution in [3.05, 3.63) is 33.9 Å². The summed E-state index contributed by atoms with van der Waals surface area (Å²) in [6.07, 6.45) is 1.02. The van der Waals surface area contributed by atoms with E-state index in [0.717, 1.165) is 6.42 Å². The Kier molecular flexibility index (Phi) is 4.59. The van der Waals surface area contributed by atoms with Crippen molar-refractivity contribution in [3.63, 3.8) is 0 Å². The fraction of sp³-hybridized carbons (Fsp3) is 0.429. The molecule has 2 rings (SSSR count). The van der Waals surface area contributed by atoms with E-state index in [1.807, 2.05) is 0 Å². The SMILES string of the molecule is CNC(=O)c1ccc(NC2CCN(C)C(=O)C2)c([N+](=O)[O-])c1. The van der Waals surface area contributed by atoms with E-state index in [1.165, 1.54) is 25.2 Å². The van der Waals surface area contributed by atoms with Crippen molar-refractivity contribution >= 4 is 23.2 Å². The standard InChI is InChI=1S/C14H18N4O4/c1-15-14(20)9-3-4-11(12(7-9)18(21)22)16-10-5-6-17(2)13(19)8-10/h3-4,7,10,16H,5-6,8H2,1-2H3,(H,15,20). The van der Waals surface area contributed by atoms with Gasteiger partial charge in [0.2, 0.25) is 5.91 Å². The lowest BCUT2D eigenvalue weighted by molar-refractivity contribution is -0.384. The smallest absolute Gasteiger partial charge is 0.293 e. The molecule has 1 aromatic rings. The van der Waals surface area contributed by atoms with Crippen LogP contribution in [0.2, 0.25) is 0 Å². The lowest BCUT2D eigenvalue weighted by atomic mass is 10.0. The number of benzene rings is 1. The summed E-state index contributed by atoms with van der Waals surface area (Å²) in [6, 6.07) is 4.11. The Morgan fingerprint density at radius 1 is 1.45 bits per heavy atom. The third-order valence-corrected chi connectivity index (χ3v) is 3.70. The zero-order valence-electron chi connectivity index (χ0n) is 12.5. The van der Waals surface area contributed by atoms with Gasteiger partial charge in [-0.3, -0.25) is 19.7 Å². The molecule has 1 aliphatic rings. The Morgan fingerprint density at radius 2 is 2.18 bits per heavy atom. The van der Waals surface area contributed by atoms with E-state index in [-0.39, 0.29) is 29.1 Å². The van der Waals surface area contributed by atoms with Gasteiger partial charge >= 0.3 is 0 Å². The number of carbonyl (C=O) groups is 2. The summed E-state index contributed by atoms with van der Waals surface area (Å²) < 4.78 is 0. The summed E-state index contributed by atoms with van der Waals surface area (Å²) in [7, 11) is 3.20. The Labute approximate surface area is 127 Å². The Hall–Kier alpha value is -2.64. The number of nitro groups is 1. The van der Waals surface area contributed by atoms with Crippen molar-refractivity contribution in [2.45, 2.75) is 18.9 Å². The third-order valence-electron chi connectivity index (χ3n) is 3.70. The molecule has 1 heterocycles. The quantitative estimate of drug-likeness (QED) is 0.637. The highest BCUT2D eigenvalue weighted by atomic mass is 16.6. The van der Waals surface area contributed by atoms with Gasteiger partial charge in [-0.1, -0.05) is 0 Å². The normalized spacial score (nSPS) is 18.0. The maximum atomic E-state index is 11.7. The van der Waals surface area contributed by atoms with Gasteiger partial charge in [0.25, 0.3) is 11.6 Å². The number of nitrogens with zero attached hydrogens (tertiary/aromatic N) is 2. The van der Waals surface area contributed by atoms with Crippen molar-refractivity contribution in [2.24, 2.45) is 0 Å². The Morgan fingerprint density at radius 3 is 2.77 bits per heavy atom. The average molecular weight is 306 g/mol. The summed E-state index contributed by atoms with van der Waals surface area (Å²) in [5, 5.41) is 16.7. The molecule has 22 heavy (non-hydrogen) atoms. The molecular formula is C14H18N4O4. The van der Waals surface area contributed by atoms with Crippen LogP contribution >= 0.6 is 0 Å². The third kappa shape index (κ3) is 3.33. The van der Waals surface area contributed by atoms with Crippen LogP contribution in [0.15, 0.2) is 18.2 Å². The van der Waals surface area contributed by atoms with Crippen molar-refractivity contribution in [1.29, 1.82) is 0 Å². The number of anilines is 1. The van der Waals surface area contributed by atoms with Crippen LogP contribution in [0.5, 0.6) is 0 Å². The second kappa shape index (κ2) is 6.42. The first-order chi connectivity index (χ1) is 10.4. The number of nitro benzene ring substituents is 1. The monoisotopic (exact) mass is 306 g/mol. The molecular weight excluding hydrogens is 288 g/mol. The van der Waals surface area contributed by atoms with Crippen LogP contribution in [-0.4, -0.2) is 48.3 Å². The largest absolute Gasteiger partial charge is 0.376 e. The maximum Gasteiger partial charge on any atom is 0.293 e. The molecule has 118 valence electrons. The predicted molar refractivity (Wildman–Crippen MR) is 80.8 cm³/mol. The van der Waals surface area contributed by atoms with E-state index in [4.69, 9.17) is 0 Å². The number of hydrogen-bond acceptors (Lipinski definition) is 5. The van der Waals surface area contributed by atoms with Crippen molar-refractivity contribution in [3.8, 4) is 0 Å². The van der Waals surface area contributed by atoms with Gasteiger partial charge in [0, 0.05) is 44.7 Å². The molecule has 0 saturated carbocycles. The number of carbonyl (C=O) groups excluding carboxylic acids is 2. The number of nitrogens with one attached hydrogen (secondary N) is 2. The zero-order valence-corrected chi connectivity index (χ0v) is 12.5. The highest BCUT2D eigenvalue weighted by Gasteiger charge is 2.25. The molecule has 2 N–H and O–H groups in total. The topological polar surface area (TPSA) is 105 Å². The van der Waals surface area contributed by atoms with Gasteiger partial charge in [-0.15, -0.1) is 0 Å². The number of hydrogen-bond donors (Lipinski definition) is 2. The minimum absolute atomic E-state index is 0.00776. The van der Waals surface area contributed by atoms with E-state index in [0.29, 0.717) is 18.7 Å². The summed E-state index contributed by atoms with van der Waals surface area (Å²) in [5.74, 6) is -0.377. The molecule has 8 heteroatoms. The molecule has 0 spiro atoms. The number of piperidine rings is 1. The molecule has 1 unspecified atom stereocenters. The molecule has 0 radical (unpaired) electrons. The molecule has 8 nitrogen and oxygen atoms in total. The summed E-state index contributed by atoms with van der Waals surface area (Å²) in [5.41, 5.74) is 0.367. The molecule has 1 saturated heterocycles. The van der Waals surface area contributed by atoms with E-state index in [1.54, 1.807) is 11.9 Å². The van der Waals surface area contributed by atoms with Gasteiger partial charge in [0.1, 0.15) is 5.69 Å². The molecule has 1 atom stereocenters. The van der Waals surface area contributed by atoms with E-state index in [9.17, 15) is 19.7 Å². The fourth-order valence-electron chi connectivity index (χ4n) is 2.38. The molecule has 0 aromatic heterocycles. The first-order valence-corrected chi connectivity index (χ1v) is 6.93. The van der Waals surface area contributed by atoms with E-state index in [2.05, 4.69) is 10.6 Å². The van der Waals surface area contributed by atoms with E-state index >= 15 is 0 Å². The molecule has 0 aliphatic carbocycles. The summed E-state index contributed by atoms with van der Waals surface area (Å²) in [4.78, 5) is 35.6. The van der Waals surface area contributed by atoms with Crippen LogP contribution in [0.3, 0.4) is 0 Å². The van der Waals surface area contributed by atoms with Crippen LogP contribution in [0.4, 0.5) is 11.4 Å². The van der Waals surface area contributed by atoms with Crippen LogP contribution in [0.1, 0.15) is 23.2 Å².